The molecule has 26 heavy (non-hydrogen) atoms. The predicted octanol–water partition coefficient (Wildman–Crippen LogP) is 2.59. The topological polar surface area (TPSA) is 77.2 Å². The van der Waals surface area contributed by atoms with E-state index in [1.54, 1.807) is 25.2 Å². The first-order valence-corrected chi connectivity index (χ1v) is 8.30. The Bertz CT molecular complexity index is 940. The van der Waals surface area contributed by atoms with E-state index in [-0.39, 0.29) is 12.3 Å². The molecule has 0 aromatic heterocycles. The molecule has 0 saturated carbocycles. The molecule has 2 N–H and O–H groups in total. The van der Waals surface area contributed by atoms with Crippen molar-refractivity contribution >= 4 is 22.9 Å². The van der Waals surface area contributed by atoms with Crippen LogP contribution in [0.1, 0.15) is 5.56 Å². The lowest BCUT2D eigenvalue weighted by molar-refractivity contribution is -0.113. The molecule has 0 saturated heterocycles. The highest BCUT2D eigenvalue weighted by atomic mass is 16.5. The first kappa shape index (κ1) is 16.2. The lowest BCUT2D eigenvalue weighted by Crippen LogP contribution is -2.25. The molecular weight excluding hydrogens is 330 g/mol. The Balaban J connectivity index is 1.73. The molecule has 0 unspecified atom stereocenters. The maximum absolute atomic E-state index is 12.7. The van der Waals surface area contributed by atoms with Gasteiger partial charge in [0.15, 0.2) is 5.78 Å². The lowest BCUT2D eigenvalue weighted by Gasteiger charge is -2.20. The first-order valence-electron chi connectivity index (χ1n) is 8.30. The van der Waals surface area contributed by atoms with Crippen molar-refractivity contribution in [2.45, 2.75) is 6.42 Å². The summed E-state index contributed by atoms with van der Waals surface area (Å²) in [6.45, 7) is 0.173. The Morgan fingerprint density at radius 2 is 1.77 bits per heavy atom. The highest BCUT2D eigenvalue weighted by Gasteiger charge is 2.34. The van der Waals surface area contributed by atoms with E-state index in [1.807, 2.05) is 36.4 Å². The number of ether oxygens (including phenoxy) is 2. The molecule has 132 valence electrons. The summed E-state index contributed by atoms with van der Waals surface area (Å²) in [6, 6.07) is 13.3. The molecule has 6 heteroatoms. The van der Waals surface area contributed by atoms with Gasteiger partial charge in [0.1, 0.15) is 17.3 Å². The molecule has 2 aromatic carbocycles. The number of nitrogens with zero attached hydrogens (tertiary/aromatic N) is 2. The van der Waals surface area contributed by atoms with Crippen LogP contribution in [-0.2, 0) is 11.2 Å². The third-order valence-electron chi connectivity index (χ3n) is 4.67. The van der Waals surface area contributed by atoms with E-state index < -0.39 is 0 Å². The van der Waals surface area contributed by atoms with Crippen LogP contribution < -0.4 is 20.1 Å². The zero-order chi connectivity index (χ0) is 18.3. The second kappa shape index (κ2) is 6.22. The summed E-state index contributed by atoms with van der Waals surface area (Å²) < 4.78 is 10.6. The summed E-state index contributed by atoms with van der Waals surface area (Å²) >= 11 is 0. The van der Waals surface area contributed by atoms with Crippen LogP contribution in [0.4, 0.5) is 11.4 Å². The average Bonchev–Trinajstić information content (AvgIpc) is 3.21. The highest BCUT2D eigenvalue weighted by Crippen LogP contribution is 2.35. The van der Waals surface area contributed by atoms with Gasteiger partial charge >= 0.3 is 0 Å². The lowest BCUT2D eigenvalue weighted by atomic mass is 10.0. The minimum Gasteiger partial charge on any atom is -0.497 e. The van der Waals surface area contributed by atoms with Gasteiger partial charge in [0.05, 0.1) is 43.4 Å². The van der Waals surface area contributed by atoms with Crippen LogP contribution in [-0.4, -0.2) is 32.3 Å². The predicted molar refractivity (Wildman–Crippen MR) is 100 cm³/mol. The monoisotopic (exact) mass is 349 g/mol. The molecule has 0 aliphatic carbocycles. The Morgan fingerprint density at radius 1 is 1.08 bits per heavy atom. The van der Waals surface area contributed by atoms with Gasteiger partial charge in [0.2, 0.25) is 0 Å². The van der Waals surface area contributed by atoms with Gasteiger partial charge in [-0.2, -0.15) is 0 Å². The van der Waals surface area contributed by atoms with Crippen molar-refractivity contribution in [1.29, 1.82) is 0 Å². The van der Waals surface area contributed by atoms with Crippen LogP contribution in [0.5, 0.6) is 11.5 Å². The van der Waals surface area contributed by atoms with Crippen molar-refractivity contribution in [3.8, 4) is 11.5 Å². The van der Waals surface area contributed by atoms with Gasteiger partial charge in [-0.1, -0.05) is 18.2 Å². The fourth-order valence-electron chi connectivity index (χ4n) is 3.35. The summed E-state index contributed by atoms with van der Waals surface area (Å²) in [5, 5.41) is 0. The number of anilines is 1. The molecule has 2 heterocycles. The van der Waals surface area contributed by atoms with E-state index in [1.165, 1.54) is 0 Å². The smallest absolute Gasteiger partial charge is 0.188 e. The van der Waals surface area contributed by atoms with Gasteiger partial charge in [-0.15, -0.1) is 0 Å². The van der Waals surface area contributed by atoms with Crippen LogP contribution in [0, 0.1) is 0 Å². The van der Waals surface area contributed by atoms with Gasteiger partial charge in [0.25, 0.3) is 0 Å². The standard InChI is InChI=1S/C20H19N3O3/c1-25-14-8-13(9-15(10-14)26-2)23-11-18(24)19(20(23)21)17-7-12-5-3-4-6-16(12)22-17/h3-6,8-10H,7,11,21H2,1-2H3. The zero-order valence-corrected chi connectivity index (χ0v) is 14.7. The quantitative estimate of drug-likeness (QED) is 0.918. The van der Waals surface area contributed by atoms with Crippen LogP contribution >= 0.6 is 0 Å². The summed E-state index contributed by atoms with van der Waals surface area (Å²) in [6.07, 6.45) is 0.618. The zero-order valence-electron chi connectivity index (χ0n) is 14.7. The van der Waals surface area contributed by atoms with Gasteiger partial charge in [0, 0.05) is 24.6 Å². The number of rotatable bonds is 4. The molecule has 0 spiro atoms. The van der Waals surface area contributed by atoms with Crippen LogP contribution in [0.2, 0.25) is 0 Å². The fourth-order valence-corrected chi connectivity index (χ4v) is 3.35. The molecule has 2 aliphatic heterocycles. The molecule has 0 radical (unpaired) electrons. The van der Waals surface area contributed by atoms with Crippen molar-refractivity contribution < 1.29 is 14.3 Å². The Hall–Kier alpha value is -3.28. The van der Waals surface area contributed by atoms with Crippen molar-refractivity contribution in [2.24, 2.45) is 10.7 Å². The van der Waals surface area contributed by atoms with Crippen molar-refractivity contribution in [3.63, 3.8) is 0 Å². The first-order chi connectivity index (χ1) is 12.6. The second-order valence-electron chi connectivity index (χ2n) is 6.20. The van der Waals surface area contributed by atoms with E-state index in [4.69, 9.17) is 15.2 Å². The van der Waals surface area contributed by atoms with E-state index in [0.29, 0.717) is 29.3 Å². The second-order valence-corrected chi connectivity index (χ2v) is 6.20. The molecule has 6 nitrogen and oxygen atoms in total. The maximum atomic E-state index is 12.7. The van der Waals surface area contributed by atoms with Gasteiger partial charge in [-0.05, 0) is 11.6 Å². The molecule has 0 fully saturated rings. The van der Waals surface area contributed by atoms with E-state index in [2.05, 4.69) is 4.99 Å². The van der Waals surface area contributed by atoms with Gasteiger partial charge in [-0.3, -0.25) is 9.79 Å². The number of hydrogen-bond acceptors (Lipinski definition) is 6. The molecule has 2 aliphatic rings. The van der Waals surface area contributed by atoms with Crippen LogP contribution in [0.25, 0.3) is 0 Å². The van der Waals surface area contributed by atoms with E-state index in [0.717, 1.165) is 22.6 Å². The number of benzene rings is 2. The Morgan fingerprint density at radius 3 is 2.42 bits per heavy atom. The summed E-state index contributed by atoms with van der Waals surface area (Å²) in [4.78, 5) is 19.1. The molecule has 0 bridgehead atoms. The summed E-state index contributed by atoms with van der Waals surface area (Å²) in [5.41, 5.74) is 10.4. The van der Waals surface area contributed by atoms with Crippen molar-refractivity contribution in [3.05, 3.63) is 59.4 Å². The number of nitrogens with two attached hydrogens (primary N) is 1. The maximum Gasteiger partial charge on any atom is 0.188 e. The third kappa shape index (κ3) is 2.60. The number of para-hydroxylation sites is 1. The number of carbonyl (C=O) groups excluding carboxylic acids is 1. The van der Waals surface area contributed by atoms with E-state index in [9.17, 15) is 4.79 Å². The molecule has 0 amide bonds. The number of Topliss-reactive ketones (excluding diaryl/α,β-unsaturated/α-hetero) is 1. The highest BCUT2D eigenvalue weighted by molar-refractivity contribution is 6.28. The fraction of sp³-hybridized carbons (Fsp3) is 0.200. The average molecular weight is 349 g/mol. The summed E-state index contributed by atoms with van der Waals surface area (Å²) in [5.74, 6) is 1.66. The molecule has 0 atom stereocenters. The molecule has 2 aromatic rings. The molecular formula is C20H19N3O3. The SMILES string of the molecule is COc1cc(OC)cc(N2CC(=O)C(C3=Nc4ccccc4C3)=C2N)c1. The molecule has 4 rings (SSSR count). The normalized spacial score (nSPS) is 16.0. The largest absolute Gasteiger partial charge is 0.497 e. The Kier molecular flexibility index (Phi) is 3.88. The number of carbonyl (C=O) groups is 1. The number of aliphatic imine (C=N–C) groups is 1. The number of fused-ring (bicyclic) bond motifs is 1. The third-order valence-corrected chi connectivity index (χ3v) is 4.67. The van der Waals surface area contributed by atoms with Gasteiger partial charge in [-0.25, -0.2) is 0 Å². The number of hydrogen-bond donors (Lipinski definition) is 1. The number of ketones is 1. The van der Waals surface area contributed by atoms with Crippen molar-refractivity contribution in [1.82, 2.24) is 0 Å². The van der Waals surface area contributed by atoms with Crippen LogP contribution in [0.15, 0.2) is 58.9 Å². The van der Waals surface area contributed by atoms with E-state index >= 15 is 0 Å². The van der Waals surface area contributed by atoms with Crippen molar-refractivity contribution in [2.75, 3.05) is 25.7 Å². The minimum atomic E-state index is -0.0316. The minimum absolute atomic E-state index is 0.0316. The number of methoxy groups -OCH3 is 2. The van der Waals surface area contributed by atoms with Crippen LogP contribution in [0.3, 0.4) is 0 Å². The Labute approximate surface area is 151 Å². The van der Waals surface area contributed by atoms with Gasteiger partial charge < -0.3 is 20.1 Å². The summed E-state index contributed by atoms with van der Waals surface area (Å²) in [7, 11) is 3.17.